The van der Waals surface area contributed by atoms with Crippen LogP contribution in [0.1, 0.15) is 59.3 Å². The zero-order chi connectivity index (χ0) is 12.9. The van der Waals surface area contributed by atoms with Gasteiger partial charge in [0.05, 0.1) is 5.92 Å². The average molecular weight is 250 g/mol. The van der Waals surface area contributed by atoms with Crippen molar-refractivity contribution < 1.29 is 9.53 Å². The van der Waals surface area contributed by atoms with Gasteiger partial charge >= 0.3 is 5.97 Å². The summed E-state index contributed by atoms with van der Waals surface area (Å²) in [5.41, 5.74) is -0.0997. The van der Waals surface area contributed by atoms with Crippen LogP contribution in [0.4, 0.5) is 0 Å². The van der Waals surface area contributed by atoms with Gasteiger partial charge in [0.2, 0.25) is 0 Å². The molecule has 3 fully saturated rings. The maximum absolute atomic E-state index is 12.0. The third-order valence-electron chi connectivity index (χ3n) is 5.96. The van der Waals surface area contributed by atoms with Crippen molar-refractivity contribution in [2.24, 2.45) is 29.6 Å². The van der Waals surface area contributed by atoms with Crippen molar-refractivity contribution in [2.75, 3.05) is 0 Å². The number of carbonyl (C=O) groups is 1. The van der Waals surface area contributed by atoms with Crippen LogP contribution in [-0.2, 0) is 9.53 Å². The fourth-order valence-corrected chi connectivity index (χ4v) is 5.13. The van der Waals surface area contributed by atoms with Gasteiger partial charge in [-0.25, -0.2) is 0 Å². The Hall–Kier alpha value is -0.530. The van der Waals surface area contributed by atoms with E-state index >= 15 is 0 Å². The molecule has 3 aliphatic carbocycles. The van der Waals surface area contributed by atoms with E-state index in [2.05, 4.69) is 6.92 Å². The Labute approximate surface area is 110 Å². The van der Waals surface area contributed by atoms with Gasteiger partial charge in [0.25, 0.3) is 0 Å². The normalized spacial score (nSPS) is 45.6. The van der Waals surface area contributed by atoms with E-state index in [1.165, 1.54) is 25.7 Å². The van der Waals surface area contributed by atoms with Gasteiger partial charge in [0.15, 0.2) is 0 Å². The van der Waals surface area contributed by atoms with Crippen LogP contribution < -0.4 is 0 Å². The highest BCUT2D eigenvalue weighted by Gasteiger charge is 2.61. The molecular formula is C16H26O2. The maximum atomic E-state index is 12.0. The lowest BCUT2D eigenvalue weighted by atomic mass is 9.71. The molecule has 0 radical (unpaired) electrons. The molecule has 0 aliphatic heterocycles. The molecule has 0 aromatic carbocycles. The predicted molar refractivity (Wildman–Crippen MR) is 71.0 cm³/mol. The quantitative estimate of drug-likeness (QED) is 0.712. The largest absolute Gasteiger partial charge is 0.459 e. The summed E-state index contributed by atoms with van der Waals surface area (Å²) < 4.78 is 6.01. The molecule has 3 saturated carbocycles. The molecule has 2 bridgehead atoms. The van der Waals surface area contributed by atoms with Crippen LogP contribution in [0.5, 0.6) is 0 Å². The lowest BCUT2D eigenvalue weighted by molar-refractivity contribution is -0.174. The Morgan fingerprint density at radius 3 is 2.72 bits per heavy atom. The molecule has 0 saturated heterocycles. The van der Waals surface area contributed by atoms with E-state index in [9.17, 15) is 4.79 Å². The summed E-state index contributed by atoms with van der Waals surface area (Å²) in [5.74, 6) is 3.37. The van der Waals surface area contributed by atoms with Gasteiger partial charge in [-0.15, -0.1) is 0 Å². The van der Waals surface area contributed by atoms with Crippen LogP contribution in [-0.4, -0.2) is 11.6 Å². The highest BCUT2D eigenvalue weighted by Crippen LogP contribution is 2.64. The molecule has 2 heteroatoms. The van der Waals surface area contributed by atoms with Crippen molar-refractivity contribution in [2.45, 2.75) is 64.9 Å². The highest BCUT2D eigenvalue weighted by molar-refractivity contribution is 5.72. The topological polar surface area (TPSA) is 26.3 Å². The van der Waals surface area contributed by atoms with E-state index in [-0.39, 0.29) is 17.5 Å². The van der Waals surface area contributed by atoms with Gasteiger partial charge in [-0.05, 0) is 49.9 Å². The lowest BCUT2D eigenvalue weighted by Crippen LogP contribution is -2.45. The van der Waals surface area contributed by atoms with Gasteiger partial charge in [-0.2, -0.15) is 0 Å². The third kappa shape index (κ3) is 1.64. The Morgan fingerprint density at radius 2 is 2.06 bits per heavy atom. The predicted octanol–water partition coefficient (Wildman–Crippen LogP) is 3.79. The molecular weight excluding hydrogens is 224 g/mol. The van der Waals surface area contributed by atoms with E-state index in [0.29, 0.717) is 5.92 Å². The molecule has 4 unspecified atom stereocenters. The minimum absolute atomic E-state index is 0.00641. The molecule has 5 atom stereocenters. The van der Waals surface area contributed by atoms with Crippen LogP contribution >= 0.6 is 0 Å². The lowest BCUT2D eigenvalue weighted by Gasteiger charge is -2.42. The molecule has 0 aromatic rings. The number of carbonyl (C=O) groups excluding carboxylic acids is 1. The first kappa shape index (κ1) is 12.5. The van der Waals surface area contributed by atoms with Gasteiger partial charge in [-0.3, -0.25) is 4.79 Å². The monoisotopic (exact) mass is 250 g/mol. The van der Waals surface area contributed by atoms with E-state index in [0.717, 1.165) is 30.6 Å². The van der Waals surface area contributed by atoms with Crippen LogP contribution in [0.25, 0.3) is 0 Å². The molecule has 0 N–H and O–H groups in total. The number of ether oxygens (including phenoxy) is 1. The van der Waals surface area contributed by atoms with Gasteiger partial charge in [-0.1, -0.05) is 27.2 Å². The standard InChI is InChI=1S/C16H26O2/c1-4-16(18-15(17)10(2)3)9-11-8-14(16)13-7-5-6-12(11)13/h10-14H,4-9H2,1-3H3/t11-,12?,13?,14?,16?/m0/s1. The number of hydrogen-bond donors (Lipinski definition) is 0. The van der Waals surface area contributed by atoms with Gasteiger partial charge in [0.1, 0.15) is 5.60 Å². The summed E-state index contributed by atoms with van der Waals surface area (Å²) in [6.07, 6.45) is 7.70. The first-order chi connectivity index (χ1) is 8.57. The Balaban J connectivity index is 1.80. The Bertz CT molecular complexity index is 349. The first-order valence-corrected chi connectivity index (χ1v) is 7.80. The van der Waals surface area contributed by atoms with Gasteiger partial charge in [0, 0.05) is 5.92 Å². The minimum atomic E-state index is -0.0997. The fourth-order valence-electron chi connectivity index (χ4n) is 5.13. The van der Waals surface area contributed by atoms with Crippen molar-refractivity contribution in [1.82, 2.24) is 0 Å². The van der Waals surface area contributed by atoms with Crippen molar-refractivity contribution in [3.05, 3.63) is 0 Å². The molecule has 0 heterocycles. The first-order valence-electron chi connectivity index (χ1n) is 7.80. The molecule has 102 valence electrons. The summed E-state index contributed by atoms with van der Waals surface area (Å²) >= 11 is 0. The number of hydrogen-bond acceptors (Lipinski definition) is 2. The van der Waals surface area contributed by atoms with Gasteiger partial charge < -0.3 is 4.74 Å². The summed E-state index contributed by atoms with van der Waals surface area (Å²) in [7, 11) is 0. The maximum Gasteiger partial charge on any atom is 0.308 e. The molecule has 0 aromatic heterocycles. The number of fused-ring (bicyclic) bond motifs is 5. The van der Waals surface area contributed by atoms with Crippen molar-refractivity contribution in [3.63, 3.8) is 0 Å². The second-order valence-electron chi connectivity index (χ2n) is 7.06. The number of esters is 1. The minimum Gasteiger partial charge on any atom is -0.459 e. The van der Waals surface area contributed by atoms with Crippen molar-refractivity contribution in [1.29, 1.82) is 0 Å². The Kier molecular flexibility index (Phi) is 2.95. The van der Waals surface area contributed by atoms with Crippen molar-refractivity contribution in [3.8, 4) is 0 Å². The molecule has 3 aliphatic rings. The second-order valence-corrected chi connectivity index (χ2v) is 7.06. The summed E-state index contributed by atoms with van der Waals surface area (Å²) in [4.78, 5) is 12.0. The van der Waals surface area contributed by atoms with Crippen LogP contribution in [0, 0.1) is 29.6 Å². The van der Waals surface area contributed by atoms with E-state index in [1.807, 2.05) is 13.8 Å². The van der Waals surface area contributed by atoms with Crippen LogP contribution in [0.15, 0.2) is 0 Å². The summed E-state index contributed by atoms with van der Waals surface area (Å²) in [5, 5.41) is 0. The SMILES string of the molecule is CCC1(OC(=O)C(C)C)C[C@@H]2CC1C1CCCC12. The van der Waals surface area contributed by atoms with Crippen molar-refractivity contribution >= 4 is 5.97 Å². The van der Waals surface area contributed by atoms with E-state index in [4.69, 9.17) is 4.74 Å². The van der Waals surface area contributed by atoms with Crippen LogP contribution in [0.2, 0.25) is 0 Å². The second kappa shape index (κ2) is 4.25. The molecule has 18 heavy (non-hydrogen) atoms. The van der Waals surface area contributed by atoms with E-state index in [1.54, 1.807) is 0 Å². The molecule has 2 nitrogen and oxygen atoms in total. The third-order valence-corrected chi connectivity index (χ3v) is 5.96. The zero-order valence-electron chi connectivity index (χ0n) is 11.9. The fraction of sp³-hybridized carbons (Fsp3) is 0.938. The smallest absolute Gasteiger partial charge is 0.308 e. The Morgan fingerprint density at radius 1 is 1.33 bits per heavy atom. The zero-order valence-corrected chi connectivity index (χ0v) is 11.9. The van der Waals surface area contributed by atoms with E-state index < -0.39 is 0 Å². The molecule has 3 rings (SSSR count). The highest BCUT2D eigenvalue weighted by atomic mass is 16.6. The number of rotatable bonds is 3. The molecule has 0 spiro atoms. The average Bonchev–Trinajstić information content (AvgIpc) is 2.99. The molecule has 0 amide bonds. The summed E-state index contributed by atoms with van der Waals surface area (Å²) in [6, 6.07) is 0. The summed E-state index contributed by atoms with van der Waals surface area (Å²) in [6.45, 7) is 6.09. The van der Waals surface area contributed by atoms with Crippen LogP contribution in [0.3, 0.4) is 0 Å².